The summed E-state index contributed by atoms with van der Waals surface area (Å²) in [6.07, 6.45) is 1.53. The fourth-order valence-electron chi connectivity index (χ4n) is 2.20. The first-order valence-electron chi connectivity index (χ1n) is 6.82. The van der Waals surface area contributed by atoms with Crippen LogP contribution in [-0.2, 0) is 11.3 Å². The Kier molecular flexibility index (Phi) is 4.16. The molecular weight excluding hydrogens is 317 g/mol. The third-order valence-electron chi connectivity index (χ3n) is 3.33. The van der Waals surface area contributed by atoms with Gasteiger partial charge in [-0.1, -0.05) is 30.3 Å². The maximum absolute atomic E-state index is 13.7. The van der Waals surface area contributed by atoms with Crippen molar-refractivity contribution in [1.82, 2.24) is 4.90 Å². The lowest BCUT2D eigenvalue weighted by Crippen LogP contribution is -2.27. The van der Waals surface area contributed by atoms with Gasteiger partial charge in [0.15, 0.2) is 0 Å². The Balaban J connectivity index is 1.84. The van der Waals surface area contributed by atoms with Gasteiger partial charge in [-0.15, -0.1) is 0 Å². The minimum atomic E-state index is -0.466. The molecule has 1 aliphatic heterocycles. The molecule has 0 bridgehead atoms. The summed E-state index contributed by atoms with van der Waals surface area (Å²) in [6.45, 7) is -0.102. The molecule has 2 aromatic rings. The molecule has 0 radical (unpaired) electrons. The van der Waals surface area contributed by atoms with E-state index in [4.69, 9.17) is 0 Å². The summed E-state index contributed by atoms with van der Waals surface area (Å²) in [4.78, 5) is 25.6. The van der Waals surface area contributed by atoms with Crippen LogP contribution in [0, 0.1) is 5.82 Å². The minimum absolute atomic E-state index is 0.0735. The van der Waals surface area contributed by atoms with Gasteiger partial charge in [0.1, 0.15) is 11.6 Å². The van der Waals surface area contributed by atoms with Crippen LogP contribution in [0.2, 0.25) is 0 Å². The number of imide groups is 1. The van der Waals surface area contributed by atoms with Crippen molar-refractivity contribution in [3.8, 4) is 5.75 Å². The highest BCUT2D eigenvalue weighted by Crippen LogP contribution is 2.33. The second kappa shape index (κ2) is 6.26. The van der Waals surface area contributed by atoms with E-state index in [-0.39, 0.29) is 22.8 Å². The first-order valence-corrected chi connectivity index (χ1v) is 7.64. The van der Waals surface area contributed by atoms with E-state index in [0.717, 1.165) is 16.7 Å². The average Bonchev–Trinajstić information content (AvgIpc) is 2.77. The molecule has 6 heteroatoms. The van der Waals surface area contributed by atoms with Crippen molar-refractivity contribution >= 4 is 29.0 Å². The highest BCUT2D eigenvalue weighted by Gasteiger charge is 2.35. The smallest absolute Gasteiger partial charge is 0.293 e. The number of rotatable bonds is 3. The van der Waals surface area contributed by atoms with E-state index in [9.17, 15) is 19.1 Å². The second-order valence-corrected chi connectivity index (χ2v) is 5.95. The van der Waals surface area contributed by atoms with Gasteiger partial charge in [-0.3, -0.25) is 14.5 Å². The molecule has 2 amide bonds. The predicted molar refractivity (Wildman–Crippen MR) is 86.0 cm³/mol. The van der Waals surface area contributed by atoms with E-state index < -0.39 is 17.0 Å². The standard InChI is InChI=1S/C17H12FNO3S/c18-14-7-2-1-5-12(14)10-19-16(21)15(23-17(19)22)9-11-4-3-6-13(20)8-11/h1-9,20H,10H2. The maximum atomic E-state index is 13.7. The van der Waals surface area contributed by atoms with Crippen LogP contribution in [0.3, 0.4) is 0 Å². The zero-order valence-corrected chi connectivity index (χ0v) is 12.7. The van der Waals surface area contributed by atoms with Gasteiger partial charge < -0.3 is 5.11 Å². The number of phenolic OH excluding ortho intramolecular Hbond substituents is 1. The first-order chi connectivity index (χ1) is 11.0. The van der Waals surface area contributed by atoms with Crippen LogP contribution in [0.4, 0.5) is 9.18 Å². The highest BCUT2D eigenvalue weighted by atomic mass is 32.2. The van der Waals surface area contributed by atoms with E-state index in [1.165, 1.54) is 30.3 Å². The van der Waals surface area contributed by atoms with Crippen LogP contribution >= 0.6 is 11.8 Å². The van der Waals surface area contributed by atoms with Crippen molar-refractivity contribution in [2.75, 3.05) is 0 Å². The zero-order valence-electron chi connectivity index (χ0n) is 11.9. The van der Waals surface area contributed by atoms with Crippen LogP contribution in [-0.4, -0.2) is 21.2 Å². The summed E-state index contributed by atoms with van der Waals surface area (Å²) in [7, 11) is 0. The van der Waals surface area contributed by atoms with Gasteiger partial charge in [0, 0.05) is 5.56 Å². The van der Waals surface area contributed by atoms with E-state index in [1.807, 2.05) is 0 Å². The van der Waals surface area contributed by atoms with Crippen LogP contribution in [0.25, 0.3) is 6.08 Å². The van der Waals surface area contributed by atoms with Crippen molar-refractivity contribution in [3.05, 3.63) is 70.4 Å². The SMILES string of the molecule is O=C1SC(=Cc2cccc(O)c2)C(=O)N1Cc1ccccc1F. The quantitative estimate of drug-likeness (QED) is 0.871. The Morgan fingerprint density at radius 3 is 2.65 bits per heavy atom. The van der Waals surface area contributed by atoms with Crippen LogP contribution in [0.1, 0.15) is 11.1 Å². The number of carbonyl (C=O) groups is 2. The number of carbonyl (C=O) groups excluding carboxylic acids is 2. The number of amides is 2. The number of nitrogens with zero attached hydrogens (tertiary/aromatic N) is 1. The lowest BCUT2D eigenvalue weighted by Gasteiger charge is -2.12. The van der Waals surface area contributed by atoms with Gasteiger partial charge in [0.25, 0.3) is 11.1 Å². The van der Waals surface area contributed by atoms with E-state index >= 15 is 0 Å². The third-order valence-corrected chi connectivity index (χ3v) is 4.24. The summed E-state index contributed by atoms with van der Waals surface area (Å²) >= 11 is 0.802. The van der Waals surface area contributed by atoms with E-state index in [1.54, 1.807) is 24.3 Å². The van der Waals surface area contributed by atoms with Gasteiger partial charge in [0.2, 0.25) is 0 Å². The summed E-state index contributed by atoms with van der Waals surface area (Å²) in [6, 6.07) is 12.4. The molecular formula is C17H12FNO3S. The van der Waals surface area contributed by atoms with Gasteiger partial charge >= 0.3 is 0 Å². The maximum Gasteiger partial charge on any atom is 0.293 e. The largest absolute Gasteiger partial charge is 0.508 e. The molecule has 1 heterocycles. The number of aromatic hydroxyl groups is 1. The van der Waals surface area contributed by atoms with Gasteiger partial charge in [0.05, 0.1) is 11.4 Å². The lowest BCUT2D eigenvalue weighted by molar-refractivity contribution is -0.123. The molecule has 116 valence electrons. The molecule has 0 aliphatic carbocycles. The van der Waals surface area contributed by atoms with Crippen molar-refractivity contribution < 1.29 is 19.1 Å². The Morgan fingerprint density at radius 1 is 1.13 bits per heavy atom. The number of phenols is 1. The fourth-order valence-corrected chi connectivity index (χ4v) is 3.04. The summed E-state index contributed by atoms with van der Waals surface area (Å²) in [5, 5.41) is 9.00. The molecule has 0 atom stereocenters. The summed E-state index contributed by atoms with van der Waals surface area (Å²) < 4.78 is 13.7. The van der Waals surface area contributed by atoms with Gasteiger partial charge in [-0.05, 0) is 41.6 Å². The molecule has 4 nitrogen and oxygen atoms in total. The molecule has 3 rings (SSSR count). The summed E-state index contributed by atoms with van der Waals surface area (Å²) in [5.74, 6) is -0.848. The fraction of sp³-hybridized carbons (Fsp3) is 0.0588. The number of halogens is 1. The average molecular weight is 329 g/mol. The molecule has 1 saturated heterocycles. The molecule has 0 saturated carbocycles. The van der Waals surface area contributed by atoms with Crippen molar-refractivity contribution in [3.63, 3.8) is 0 Å². The number of thioether (sulfide) groups is 1. The van der Waals surface area contributed by atoms with Crippen LogP contribution < -0.4 is 0 Å². The van der Waals surface area contributed by atoms with Gasteiger partial charge in [-0.25, -0.2) is 4.39 Å². The monoisotopic (exact) mass is 329 g/mol. The Labute approximate surface area is 136 Å². The van der Waals surface area contributed by atoms with Crippen LogP contribution in [0.15, 0.2) is 53.4 Å². The minimum Gasteiger partial charge on any atom is -0.508 e. The van der Waals surface area contributed by atoms with Crippen molar-refractivity contribution in [2.24, 2.45) is 0 Å². The third kappa shape index (κ3) is 3.27. The molecule has 0 unspecified atom stereocenters. The normalized spacial score (nSPS) is 16.4. The van der Waals surface area contributed by atoms with E-state index in [0.29, 0.717) is 5.56 Å². The first kappa shape index (κ1) is 15.3. The van der Waals surface area contributed by atoms with Crippen molar-refractivity contribution in [2.45, 2.75) is 6.54 Å². The molecule has 0 aromatic heterocycles. The highest BCUT2D eigenvalue weighted by molar-refractivity contribution is 8.18. The summed E-state index contributed by atoms with van der Waals surface area (Å²) in [5.41, 5.74) is 0.898. The predicted octanol–water partition coefficient (Wildman–Crippen LogP) is 3.77. The molecule has 1 N–H and O–H groups in total. The molecule has 0 spiro atoms. The molecule has 2 aromatic carbocycles. The van der Waals surface area contributed by atoms with E-state index in [2.05, 4.69) is 0 Å². The number of benzene rings is 2. The Morgan fingerprint density at radius 2 is 1.91 bits per heavy atom. The lowest BCUT2D eigenvalue weighted by atomic mass is 10.2. The molecule has 23 heavy (non-hydrogen) atoms. The Bertz CT molecular complexity index is 819. The molecule has 1 fully saturated rings. The second-order valence-electron chi connectivity index (χ2n) is 4.95. The number of hydrogen-bond acceptors (Lipinski definition) is 4. The van der Waals surface area contributed by atoms with Crippen molar-refractivity contribution in [1.29, 1.82) is 0 Å². The van der Waals surface area contributed by atoms with Crippen LogP contribution in [0.5, 0.6) is 5.75 Å². The van der Waals surface area contributed by atoms with Gasteiger partial charge in [-0.2, -0.15) is 0 Å². The molecule has 1 aliphatic rings. The number of hydrogen-bond donors (Lipinski definition) is 1. The Hall–Kier alpha value is -2.60. The zero-order chi connectivity index (χ0) is 16.4. The topological polar surface area (TPSA) is 57.6 Å².